The first kappa shape index (κ1) is 25.8. The van der Waals surface area contributed by atoms with Gasteiger partial charge in [0.25, 0.3) is 5.91 Å². The monoisotopic (exact) mass is 498 g/mol. The zero-order valence-electron chi connectivity index (χ0n) is 19.4. The summed E-state index contributed by atoms with van der Waals surface area (Å²) in [7, 11) is 2.81. The number of carbonyl (C=O) groups excluding carboxylic acids is 3. The van der Waals surface area contributed by atoms with Crippen LogP contribution in [0, 0.1) is 0 Å². The lowest BCUT2D eigenvalue weighted by Gasteiger charge is -2.24. The van der Waals surface area contributed by atoms with Crippen LogP contribution in [-0.4, -0.2) is 66.1 Å². The number of aldehydes is 1. The Morgan fingerprint density at radius 1 is 1.23 bits per heavy atom. The molecule has 0 saturated carbocycles. The summed E-state index contributed by atoms with van der Waals surface area (Å²) in [6.07, 6.45) is 2.14. The number of nitrogens with two attached hydrogens (primary N) is 1. The summed E-state index contributed by atoms with van der Waals surface area (Å²) in [5.41, 5.74) is 6.64. The quantitative estimate of drug-likeness (QED) is 0.352. The summed E-state index contributed by atoms with van der Waals surface area (Å²) in [6.45, 7) is 1.48. The van der Waals surface area contributed by atoms with E-state index in [1.807, 2.05) is 18.2 Å². The number of phenolic OH excluding ortho intramolecular Hbond substituents is 1. The number of nitrogens with zero attached hydrogens (tertiary/aromatic N) is 2. The second-order valence-corrected chi connectivity index (χ2v) is 8.46. The van der Waals surface area contributed by atoms with Crippen molar-refractivity contribution >= 4 is 46.8 Å². The van der Waals surface area contributed by atoms with Gasteiger partial charge in [-0.05, 0) is 54.6 Å². The number of hydrogen-bond acceptors (Lipinski definition) is 9. The summed E-state index contributed by atoms with van der Waals surface area (Å²) in [5, 5.41) is 13.0. The van der Waals surface area contributed by atoms with Gasteiger partial charge in [-0.3, -0.25) is 14.5 Å². The maximum absolute atomic E-state index is 13.4. The number of aromatic hydroxyl groups is 1. The molecule has 4 N–H and O–H groups in total. The van der Waals surface area contributed by atoms with Gasteiger partial charge in [0, 0.05) is 6.54 Å². The Balaban J connectivity index is 2.02. The fourth-order valence-corrected chi connectivity index (χ4v) is 4.30. The van der Waals surface area contributed by atoms with Crippen LogP contribution in [0.1, 0.15) is 12.5 Å². The molecule has 0 aromatic heterocycles. The van der Waals surface area contributed by atoms with E-state index >= 15 is 0 Å². The second kappa shape index (κ2) is 11.5. The zero-order valence-corrected chi connectivity index (χ0v) is 20.2. The molecule has 3 rings (SSSR count). The van der Waals surface area contributed by atoms with E-state index in [1.165, 1.54) is 19.1 Å². The molecular formula is C24H26N4O6S. The summed E-state index contributed by atoms with van der Waals surface area (Å²) in [6, 6.07) is 10.3. The maximum Gasteiger partial charge on any atom is 0.267 e. The molecule has 1 aliphatic rings. The molecule has 0 bridgehead atoms. The van der Waals surface area contributed by atoms with Crippen LogP contribution in [0.5, 0.6) is 17.2 Å². The predicted octanol–water partition coefficient (Wildman–Crippen LogP) is 2.04. The van der Waals surface area contributed by atoms with E-state index in [1.54, 1.807) is 37.3 Å². The van der Waals surface area contributed by atoms with Gasteiger partial charge < -0.3 is 30.4 Å². The lowest BCUT2D eigenvalue weighted by molar-refractivity contribution is -0.133. The highest BCUT2D eigenvalue weighted by Gasteiger charge is 2.39. The molecule has 2 atom stereocenters. The minimum absolute atomic E-state index is 0.0642. The number of ether oxygens (including phenoxy) is 2. The van der Waals surface area contributed by atoms with Crippen LogP contribution in [0.3, 0.4) is 0 Å². The number of phenols is 1. The van der Waals surface area contributed by atoms with Crippen LogP contribution in [-0.2, 0) is 14.4 Å². The number of para-hydroxylation sites is 1. The summed E-state index contributed by atoms with van der Waals surface area (Å²) in [5.74, 6) is -0.803. The maximum atomic E-state index is 13.4. The summed E-state index contributed by atoms with van der Waals surface area (Å²) in [4.78, 5) is 43.5. The number of hydrogen-bond donors (Lipinski definition) is 3. The third-order valence-electron chi connectivity index (χ3n) is 5.13. The standard InChI is InChI=1S/C24H26N4O6S/c1-14(22(31)26-17(12-25)13-29)28-23(32)20(35-24(28)27-16-7-5-4-6-8-16)11-15-9-18(33-2)21(30)19(10-15)34-3/h4-11,13-14,17,30H,12,25H2,1-3H3,(H,26,31)/b20-11-,27-24?/t14-,17-/m0/s1. The number of amidine groups is 1. The minimum atomic E-state index is -0.971. The number of rotatable bonds is 9. The Morgan fingerprint density at radius 2 is 1.86 bits per heavy atom. The molecule has 1 aliphatic heterocycles. The number of benzene rings is 2. The van der Waals surface area contributed by atoms with Gasteiger partial charge in [0.1, 0.15) is 12.3 Å². The van der Waals surface area contributed by atoms with Crippen molar-refractivity contribution in [1.82, 2.24) is 10.2 Å². The normalized spacial score (nSPS) is 17.4. The molecule has 11 heteroatoms. The molecule has 1 saturated heterocycles. The Hall–Kier alpha value is -3.83. The van der Waals surface area contributed by atoms with Crippen molar-refractivity contribution in [3.05, 3.63) is 52.9 Å². The van der Waals surface area contributed by atoms with Gasteiger partial charge in [0.05, 0.1) is 30.9 Å². The molecule has 0 spiro atoms. The molecule has 2 amide bonds. The van der Waals surface area contributed by atoms with Crippen molar-refractivity contribution in [3.63, 3.8) is 0 Å². The number of methoxy groups -OCH3 is 2. The molecule has 1 heterocycles. The van der Waals surface area contributed by atoms with Gasteiger partial charge in [-0.2, -0.15) is 0 Å². The van der Waals surface area contributed by atoms with Gasteiger partial charge in [0.2, 0.25) is 11.7 Å². The third kappa shape index (κ3) is 5.81. The van der Waals surface area contributed by atoms with Gasteiger partial charge in [0.15, 0.2) is 16.7 Å². The molecule has 184 valence electrons. The van der Waals surface area contributed by atoms with E-state index in [9.17, 15) is 19.5 Å². The lowest BCUT2D eigenvalue weighted by Crippen LogP contribution is -2.52. The number of amides is 2. The van der Waals surface area contributed by atoms with Crippen molar-refractivity contribution in [3.8, 4) is 17.2 Å². The molecular weight excluding hydrogens is 472 g/mol. The number of nitrogens with one attached hydrogen (secondary N) is 1. The fourth-order valence-electron chi connectivity index (χ4n) is 3.24. The minimum Gasteiger partial charge on any atom is -0.502 e. The number of carbonyl (C=O) groups is 3. The molecule has 2 aromatic carbocycles. The van der Waals surface area contributed by atoms with Crippen LogP contribution < -0.4 is 20.5 Å². The van der Waals surface area contributed by atoms with E-state index in [0.29, 0.717) is 27.6 Å². The van der Waals surface area contributed by atoms with Crippen LogP contribution >= 0.6 is 11.8 Å². The van der Waals surface area contributed by atoms with Crippen LogP contribution in [0.25, 0.3) is 6.08 Å². The number of aliphatic imine (C=N–C) groups is 1. The van der Waals surface area contributed by atoms with Crippen molar-refractivity contribution in [2.45, 2.75) is 19.0 Å². The van der Waals surface area contributed by atoms with Gasteiger partial charge in [-0.1, -0.05) is 18.2 Å². The van der Waals surface area contributed by atoms with Crippen LogP contribution in [0.2, 0.25) is 0 Å². The van der Waals surface area contributed by atoms with Crippen LogP contribution in [0.15, 0.2) is 52.4 Å². The zero-order chi connectivity index (χ0) is 25.5. The van der Waals surface area contributed by atoms with Gasteiger partial charge in [-0.15, -0.1) is 0 Å². The SMILES string of the molecule is COc1cc(/C=C2\SC(=Nc3ccccc3)N([C@@H](C)C(=O)N[C@H](C=O)CN)C2=O)cc(OC)c1O. The highest BCUT2D eigenvalue weighted by Crippen LogP contribution is 2.40. The van der Waals surface area contributed by atoms with Crippen LogP contribution in [0.4, 0.5) is 5.69 Å². The van der Waals surface area contributed by atoms with E-state index < -0.39 is 23.9 Å². The van der Waals surface area contributed by atoms with Gasteiger partial charge >= 0.3 is 0 Å². The second-order valence-electron chi connectivity index (χ2n) is 7.45. The van der Waals surface area contributed by atoms with Crippen molar-refractivity contribution in [2.75, 3.05) is 20.8 Å². The molecule has 0 aliphatic carbocycles. The Morgan fingerprint density at radius 3 is 2.40 bits per heavy atom. The first-order valence-corrected chi connectivity index (χ1v) is 11.4. The Labute approximate surface area is 206 Å². The average molecular weight is 499 g/mol. The summed E-state index contributed by atoms with van der Waals surface area (Å²) >= 11 is 1.09. The molecule has 0 unspecified atom stereocenters. The topological polar surface area (TPSA) is 144 Å². The highest BCUT2D eigenvalue weighted by molar-refractivity contribution is 8.18. The highest BCUT2D eigenvalue weighted by atomic mass is 32.2. The smallest absolute Gasteiger partial charge is 0.267 e. The Kier molecular flexibility index (Phi) is 8.50. The van der Waals surface area contributed by atoms with Crippen molar-refractivity contribution < 1.29 is 29.0 Å². The first-order chi connectivity index (χ1) is 16.8. The van der Waals surface area contributed by atoms with Gasteiger partial charge in [-0.25, -0.2) is 4.99 Å². The molecule has 10 nitrogen and oxygen atoms in total. The molecule has 0 radical (unpaired) electrons. The predicted molar refractivity (Wildman–Crippen MR) is 134 cm³/mol. The van der Waals surface area contributed by atoms with Crippen molar-refractivity contribution in [2.24, 2.45) is 10.7 Å². The molecule has 1 fully saturated rings. The van der Waals surface area contributed by atoms with E-state index in [2.05, 4.69) is 10.3 Å². The molecule has 35 heavy (non-hydrogen) atoms. The first-order valence-electron chi connectivity index (χ1n) is 10.6. The summed E-state index contributed by atoms with van der Waals surface area (Å²) < 4.78 is 10.4. The number of thioether (sulfide) groups is 1. The average Bonchev–Trinajstić information content (AvgIpc) is 3.17. The third-order valence-corrected chi connectivity index (χ3v) is 6.11. The Bertz CT molecular complexity index is 1140. The largest absolute Gasteiger partial charge is 0.502 e. The lowest BCUT2D eigenvalue weighted by atomic mass is 10.1. The van der Waals surface area contributed by atoms with E-state index in [4.69, 9.17) is 15.2 Å². The van der Waals surface area contributed by atoms with Crippen molar-refractivity contribution in [1.29, 1.82) is 0 Å². The molecule has 2 aromatic rings. The van der Waals surface area contributed by atoms with E-state index in [-0.39, 0.29) is 23.8 Å². The fraction of sp³-hybridized carbons (Fsp3) is 0.250. The van der Waals surface area contributed by atoms with E-state index in [0.717, 1.165) is 11.8 Å².